The topological polar surface area (TPSA) is 53.8 Å². The summed E-state index contributed by atoms with van der Waals surface area (Å²) >= 11 is 15.0. The van der Waals surface area contributed by atoms with E-state index in [2.05, 4.69) is 15.5 Å². The molecule has 1 fully saturated rings. The molecule has 0 bridgehead atoms. The Balaban J connectivity index is 1.65. The highest BCUT2D eigenvalue weighted by Gasteiger charge is 2.30. The maximum absolute atomic E-state index is 12.0. The fourth-order valence-corrected chi connectivity index (χ4v) is 3.99. The highest BCUT2D eigenvalue weighted by atomic mass is 35.5. The smallest absolute Gasteiger partial charge is 0.239 e. The Kier molecular flexibility index (Phi) is 5.38. The summed E-state index contributed by atoms with van der Waals surface area (Å²) in [6.07, 6.45) is 2.17. The van der Waals surface area contributed by atoms with Gasteiger partial charge >= 0.3 is 0 Å². The number of hydrogen-bond donors (Lipinski definition) is 1. The lowest BCUT2D eigenvalue weighted by Gasteiger charge is -2.07. The van der Waals surface area contributed by atoms with Gasteiger partial charge in [0.05, 0.1) is 11.5 Å². The molecule has 2 aromatic rings. The van der Waals surface area contributed by atoms with Crippen molar-refractivity contribution in [2.24, 2.45) is 10.2 Å². The second-order valence-electron chi connectivity index (χ2n) is 4.70. The summed E-state index contributed by atoms with van der Waals surface area (Å²) in [5.41, 5.74) is 0.882. The molecule has 23 heavy (non-hydrogen) atoms. The van der Waals surface area contributed by atoms with Gasteiger partial charge in [-0.3, -0.25) is 4.79 Å². The first kappa shape index (κ1) is 16.5. The van der Waals surface area contributed by atoms with E-state index in [1.807, 2.05) is 23.6 Å². The van der Waals surface area contributed by atoms with E-state index in [-0.39, 0.29) is 11.2 Å². The maximum atomic E-state index is 12.0. The molecule has 0 radical (unpaired) electrons. The molecule has 118 valence electrons. The SMILES string of the molecule is O=C1N/C(=N\N=Cc2cccs2)S[C@@H]1Cc1ccc(Cl)cc1Cl. The largest absolute Gasteiger partial charge is 0.303 e. The van der Waals surface area contributed by atoms with Gasteiger partial charge in [0.2, 0.25) is 5.91 Å². The van der Waals surface area contributed by atoms with Crippen molar-refractivity contribution in [3.8, 4) is 0 Å². The summed E-state index contributed by atoms with van der Waals surface area (Å²) in [7, 11) is 0. The molecule has 2 heterocycles. The number of hydrogen-bond acceptors (Lipinski definition) is 5. The Morgan fingerprint density at radius 3 is 2.91 bits per heavy atom. The lowest BCUT2D eigenvalue weighted by Crippen LogP contribution is -2.26. The molecular weight excluding hydrogens is 373 g/mol. The first-order chi connectivity index (χ1) is 11.1. The molecule has 1 aromatic carbocycles. The minimum atomic E-state index is -0.274. The lowest BCUT2D eigenvalue weighted by atomic mass is 10.1. The molecule has 1 N–H and O–H groups in total. The predicted molar refractivity (Wildman–Crippen MR) is 99.0 cm³/mol. The van der Waals surface area contributed by atoms with Crippen LogP contribution in [0.25, 0.3) is 0 Å². The van der Waals surface area contributed by atoms with Crippen molar-refractivity contribution in [2.45, 2.75) is 11.7 Å². The van der Waals surface area contributed by atoms with Crippen LogP contribution in [0.15, 0.2) is 45.9 Å². The van der Waals surface area contributed by atoms with E-state index in [1.165, 1.54) is 11.8 Å². The van der Waals surface area contributed by atoms with Gasteiger partial charge in [0.15, 0.2) is 5.17 Å². The van der Waals surface area contributed by atoms with Crippen molar-refractivity contribution in [3.63, 3.8) is 0 Å². The molecule has 1 aromatic heterocycles. The minimum Gasteiger partial charge on any atom is -0.303 e. The molecule has 0 aliphatic carbocycles. The minimum absolute atomic E-state index is 0.0916. The molecule has 4 nitrogen and oxygen atoms in total. The Morgan fingerprint density at radius 1 is 1.30 bits per heavy atom. The zero-order valence-electron chi connectivity index (χ0n) is 11.7. The van der Waals surface area contributed by atoms with E-state index < -0.39 is 0 Å². The van der Waals surface area contributed by atoms with E-state index >= 15 is 0 Å². The number of thiophene rings is 1. The normalized spacial score (nSPS) is 19.7. The van der Waals surface area contributed by atoms with Crippen LogP contribution in [0.2, 0.25) is 10.0 Å². The van der Waals surface area contributed by atoms with Crippen LogP contribution in [0.5, 0.6) is 0 Å². The summed E-state index contributed by atoms with van der Waals surface area (Å²) in [5.74, 6) is -0.0916. The summed E-state index contributed by atoms with van der Waals surface area (Å²) in [6, 6.07) is 9.16. The van der Waals surface area contributed by atoms with Crippen molar-refractivity contribution >= 4 is 63.6 Å². The van der Waals surface area contributed by atoms with Crippen molar-refractivity contribution in [3.05, 3.63) is 56.2 Å². The van der Waals surface area contributed by atoms with Crippen molar-refractivity contribution < 1.29 is 4.79 Å². The number of carbonyl (C=O) groups excluding carboxylic acids is 1. The first-order valence-electron chi connectivity index (χ1n) is 6.68. The van der Waals surface area contributed by atoms with E-state index in [4.69, 9.17) is 23.2 Å². The molecule has 1 atom stereocenters. The van der Waals surface area contributed by atoms with Crippen molar-refractivity contribution in [1.82, 2.24) is 5.32 Å². The molecule has 1 saturated heterocycles. The highest BCUT2D eigenvalue weighted by Crippen LogP contribution is 2.28. The van der Waals surface area contributed by atoms with Crippen LogP contribution in [0.4, 0.5) is 0 Å². The van der Waals surface area contributed by atoms with E-state index in [0.717, 1.165) is 10.4 Å². The molecule has 0 saturated carbocycles. The number of amides is 1. The second-order valence-corrected chi connectivity index (χ2v) is 7.72. The maximum Gasteiger partial charge on any atom is 0.239 e. The number of carbonyl (C=O) groups is 1. The quantitative estimate of drug-likeness (QED) is 0.634. The van der Waals surface area contributed by atoms with E-state index in [9.17, 15) is 4.79 Å². The van der Waals surface area contributed by atoms with Gasteiger partial charge in [-0.2, -0.15) is 5.10 Å². The zero-order chi connectivity index (χ0) is 16.2. The Bertz CT molecular complexity index is 775. The van der Waals surface area contributed by atoms with Crippen LogP contribution in [0, 0.1) is 0 Å². The van der Waals surface area contributed by atoms with Gasteiger partial charge in [0, 0.05) is 14.9 Å². The van der Waals surface area contributed by atoms with E-state index in [1.54, 1.807) is 29.7 Å². The predicted octanol–water partition coefficient (Wildman–Crippen LogP) is 4.22. The summed E-state index contributed by atoms with van der Waals surface area (Å²) in [4.78, 5) is 13.0. The van der Waals surface area contributed by atoms with Crippen LogP contribution in [0.1, 0.15) is 10.4 Å². The Labute approximate surface area is 151 Å². The number of rotatable bonds is 4. The van der Waals surface area contributed by atoms with Gasteiger partial charge < -0.3 is 5.32 Å². The Morgan fingerprint density at radius 2 is 2.17 bits per heavy atom. The summed E-state index contributed by atoms with van der Waals surface area (Å²) in [5, 5.41) is 14.1. The number of nitrogens with zero attached hydrogens (tertiary/aromatic N) is 2. The summed E-state index contributed by atoms with van der Waals surface area (Å²) in [6.45, 7) is 0. The van der Waals surface area contributed by atoms with Crippen molar-refractivity contribution in [1.29, 1.82) is 0 Å². The highest BCUT2D eigenvalue weighted by molar-refractivity contribution is 8.15. The average molecular weight is 384 g/mol. The number of nitrogens with one attached hydrogen (secondary N) is 1. The van der Waals surface area contributed by atoms with Crippen molar-refractivity contribution in [2.75, 3.05) is 0 Å². The van der Waals surface area contributed by atoms with Gasteiger partial charge in [0.1, 0.15) is 0 Å². The van der Waals surface area contributed by atoms with Gasteiger partial charge in [-0.05, 0) is 35.6 Å². The van der Waals surface area contributed by atoms with Gasteiger partial charge in [0.25, 0.3) is 0 Å². The molecule has 1 aliphatic heterocycles. The van der Waals surface area contributed by atoms with Crippen LogP contribution in [0.3, 0.4) is 0 Å². The molecule has 0 spiro atoms. The molecule has 1 amide bonds. The zero-order valence-corrected chi connectivity index (χ0v) is 14.8. The molecule has 1 aliphatic rings. The van der Waals surface area contributed by atoms with Crippen LogP contribution < -0.4 is 5.32 Å². The number of thioether (sulfide) groups is 1. The van der Waals surface area contributed by atoms with Crippen LogP contribution in [-0.4, -0.2) is 22.5 Å². The number of benzene rings is 1. The van der Waals surface area contributed by atoms with Gasteiger partial charge in [-0.1, -0.05) is 47.1 Å². The first-order valence-corrected chi connectivity index (χ1v) is 9.19. The summed E-state index contributed by atoms with van der Waals surface area (Å²) < 4.78 is 0. The second kappa shape index (κ2) is 7.49. The fraction of sp³-hybridized carbons (Fsp3) is 0.133. The standard InChI is InChI=1S/C15H11Cl2N3OS2/c16-10-4-3-9(12(17)7-10)6-13-14(21)19-15(23-13)20-18-8-11-2-1-5-22-11/h1-5,7-8,13H,6H2,(H,19,20,21)/t13-/m1/s1. The van der Waals surface area contributed by atoms with E-state index in [0.29, 0.717) is 21.6 Å². The van der Waals surface area contributed by atoms with Crippen LogP contribution in [-0.2, 0) is 11.2 Å². The third-order valence-corrected chi connectivity index (χ3v) is 5.54. The fourth-order valence-electron chi connectivity index (χ4n) is 1.98. The Hall–Kier alpha value is -1.34. The molecular formula is C15H11Cl2N3OS2. The molecule has 3 rings (SSSR count). The van der Waals surface area contributed by atoms with Gasteiger partial charge in [-0.25, -0.2) is 0 Å². The molecule has 0 unspecified atom stereocenters. The lowest BCUT2D eigenvalue weighted by molar-refractivity contribution is -0.118. The monoisotopic (exact) mass is 383 g/mol. The third kappa shape index (κ3) is 4.35. The number of amidine groups is 1. The van der Waals surface area contributed by atoms with Gasteiger partial charge in [-0.15, -0.1) is 16.4 Å². The molecule has 8 heteroatoms. The van der Waals surface area contributed by atoms with Crippen LogP contribution >= 0.6 is 46.3 Å². The average Bonchev–Trinajstić information content (AvgIpc) is 3.13. The number of halogens is 2. The third-order valence-electron chi connectivity index (χ3n) is 3.07.